The number of rotatable bonds is 8. The quantitative estimate of drug-likeness (QED) is 0.625. The first-order valence-corrected chi connectivity index (χ1v) is 9.47. The van der Waals surface area contributed by atoms with Crippen LogP contribution in [0.1, 0.15) is 45.4 Å². The summed E-state index contributed by atoms with van der Waals surface area (Å²) in [4.78, 5) is 34.9. The molecule has 2 amide bonds. The van der Waals surface area contributed by atoms with Crippen LogP contribution in [-0.4, -0.2) is 35.5 Å². The first-order chi connectivity index (χ1) is 12.8. The van der Waals surface area contributed by atoms with Crippen LogP contribution < -0.4 is 15.4 Å². The van der Waals surface area contributed by atoms with Crippen molar-refractivity contribution in [3.63, 3.8) is 0 Å². The number of amides is 2. The van der Waals surface area contributed by atoms with Gasteiger partial charge in [-0.1, -0.05) is 30.9 Å². The molecule has 1 fully saturated rings. The molecule has 0 radical (unpaired) electrons. The van der Waals surface area contributed by atoms with Gasteiger partial charge < -0.3 is 20.5 Å². The number of anilines is 1. The number of nitrogens with one attached hydrogen (secondary N) is 2. The van der Waals surface area contributed by atoms with E-state index in [-0.39, 0.29) is 22.6 Å². The van der Waals surface area contributed by atoms with E-state index in [2.05, 4.69) is 10.6 Å². The molecular weight excluding hydrogens is 372 g/mol. The van der Waals surface area contributed by atoms with E-state index in [4.69, 9.17) is 21.4 Å². The molecule has 8 heteroatoms. The second kappa shape index (κ2) is 10.2. The fraction of sp³-hybridized carbons (Fsp3) is 0.526. The van der Waals surface area contributed by atoms with Crippen LogP contribution in [0.25, 0.3) is 0 Å². The van der Waals surface area contributed by atoms with Crippen LogP contribution >= 0.6 is 11.6 Å². The third-order valence-corrected chi connectivity index (χ3v) is 4.82. The van der Waals surface area contributed by atoms with Gasteiger partial charge in [-0.25, -0.2) is 4.79 Å². The summed E-state index contributed by atoms with van der Waals surface area (Å²) >= 11 is 6.03. The molecule has 1 aromatic carbocycles. The van der Waals surface area contributed by atoms with Crippen molar-refractivity contribution < 1.29 is 24.2 Å². The molecule has 0 aromatic heterocycles. The van der Waals surface area contributed by atoms with Crippen LogP contribution in [0.15, 0.2) is 18.2 Å². The Hall–Kier alpha value is -2.28. The van der Waals surface area contributed by atoms with E-state index in [0.29, 0.717) is 18.0 Å². The van der Waals surface area contributed by atoms with Crippen molar-refractivity contribution >= 4 is 35.1 Å². The lowest BCUT2D eigenvalue weighted by Gasteiger charge is -2.22. The summed E-state index contributed by atoms with van der Waals surface area (Å²) in [6.07, 6.45) is 6.17. The fourth-order valence-electron chi connectivity index (χ4n) is 3.11. The van der Waals surface area contributed by atoms with Crippen molar-refractivity contribution in [2.75, 3.05) is 11.9 Å². The van der Waals surface area contributed by atoms with Crippen LogP contribution in [0.2, 0.25) is 5.02 Å². The Morgan fingerprint density at radius 2 is 1.96 bits per heavy atom. The normalized spacial score (nSPS) is 15.6. The van der Waals surface area contributed by atoms with Gasteiger partial charge in [-0.2, -0.15) is 0 Å². The number of ether oxygens (including phenoxy) is 1. The summed E-state index contributed by atoms with van der Waals surface area (Å²) in [5.74, 6) is -0.958. The van der Waals surface area contributed by atoms with E-state index < -0.39 is 18.6 Å². The molecule has 0 bridgehead atoms. The van der Waals surface area contributed by atoms with Crippen molar-refractivity contribution in [2.24, 2.45) is 5.92 Å². The lowest BCUT2D eigenvalue weighted by Crippen LogP contribution is -2.42. The van der Waals surface area contributed by atoms with Gasteiger partial charge in [-0.15, -0.1) is 0 Å². The largest absolute Gasteiger partial charge is 0.480 e. The number of aliphatic carboxylic acids is 1. The molecular formula is C19H25ClN2O5. The Morgan fingerprint density at radius 1 is 1.26 bits per heavy atom. The zero-order valence-electron chi connectivity index (χ0n) is 15.3. The number of carbonyl (C=O) groups excluding carboxylic acids is 2. The molecule has 1 unspecified atom stereocenters. The van der Waals surface area contributed by atoms with Gasteiger partial charge >= 0.3 is 5.97 Å². The topological polar surface area (TPSA) is 105 Å². The predicted molar refractivity (Wildman–Crippen MR) is 102 cm³/mol. The summed E-state index contributed by atoms with van der Waals surface area (Å²) in [5, 5.41) is 14.2. The van der Waals surface area contributed by atoms with Gasteiger partial charge in [0.15, 0.2) is 6.61 Å². The predicted octanol–water partition coefficient (Wildman–Crippen LogP) is 3.22. The van der Waals surface area contributed by atoms with Crippen molar-refractivity contribution in [2.45, 2.75) is 51.5 Å². The monoisotopic (exact) mass is 396 g/mol. The third-order valence-electron chi connectivity index (χ3n) is 4.52. The van der Waals surface area contributed by atoms with E-state index >= 15 is 0 Å². The molecule has 1 aromatic rings. The number of hydrogen-bond donors (Lipinski definition) is 3. The minimum absolute atomic E-state index is 0.111. The molecule has 0 spiro atoms. The van der Waals surface area contributed by atoms with Gasteiger partial charge in [0.2, 0.25) is 11.8 Å². The number of halogens is 1. The molecule has 1 aliphatic carbocycles. The summed E-state index contributed by atoms with van der Waals surface area (Å²) in [6.45, 7) is 1.12. The minimum atomic E-state index is -1.11. The summed E-state index contributed by atoms with van der Waals surface area (Å²) in [6, 6.07) is 3.82. The molecule has 1 atom stereocenters. The van der Waals surface area contributed by atoms with Gasteiger partial charge in [0.25, 0.3) is 0 Å². The van der Waals surface area contributed by atoms with Gasteiger partial charge in [0, 0.05) is 12.1 Å². The Morgan fingerprint density at radius 3 is 2.59 bits per heavy atom. The second-order valence-electron chi connectivity index (χ2n) is 6.81. The van der Waals surface area contributed by atoms with Crippen LogP contribution in [0.4, 0.5) is 5.69 Å². The van der Waals surface area contributed by atoms with Gasteiger partial charge in [0.05, 0.1) is 5.02 Å². The summed E-state index contributed by atoms with van der Waals surface area (Å²) < 4.78 is 5.03. The molecule has 2 rings (SSSR count). The number of carboxylic acids is 1. The first-order valence-electron chi connectivity index (χ1n) is 9.09. The number of hydrogen-bond acceptors (Lipinski definition) is 4. The Balaban J connectivity index is 1.83. The lowest BCUT2D eigenvalue weighted by molar-refractivity contribution is -0.139. The number of carbonyl (C=O) groups is 3. The third kappa shape index (κ3) is 7.09. The molecule has 0 aliphatic heterocycles. The van der Waals surface area contributed by atoms with Crippen LogP contribution in [0.5, 0.6) is 5.75 Å². The highest BCUT2D eigenvalue weighted by Crippen LogP contribution is 2.28. The first kappa shape index (κ1) is 21.0. The highest BCUT2D eigenvalue weighted by molar-refractivity contribution is 6.32. The average molecular weight is 397 g/mol. The Labute approximate surface area is 163 Å². The molecule has 1 saturated carbocycles. The van der Waals surface area contributed by atoms with Gasteiger partial charge in [-0.3, -0.25) is 9.59 Å². The van der Waals surface area contributed by atoms with Crippen molar-refractivity contribution in [1.82, 2.24) is 5.32 Å². The second-order valence-corrected chi connectivity index (χ2v) is 7.22. The van der Waals surface area contributed by atoms with E-state index in [1.807, 2.05) is 0 Å². The van der Waals surface area contributed by atoms with Crippen molar-refractivity contribution in [3.8, 4) is 5.75 Å². The Kier molecular flexibility index (Phi) is 7.91. The van der Waals surface area contributed by atoms with Gasteiger partial charge in [0.1, 0.15) is 11.8 Å². The van der Waals surface area contributed by atoms with Crippen molar-refractivity contribution in [3.05, 3.63) is 23.2 Å². The fourth-order valence-corrected chi connectivity index (χ4v) is 3.34. The van der Waals surface area contributed by atoms with Crippen molar-refractivity contribution in [1.29, 1.82) is 0 Å². The molecule has 27 heavy (non-hydrogen) atoms. The van der Waals surface area contributed by atoms with E-state index in [9.17, 15) is 14.4 Å². The molecule has 148 valence electrons. The number of carboxylic acid groups (broad SMARTS) is 1. The van der Waals surface area contributed by atoms with E-state index in [0.717, 1.165) is 12.8 Å². The summed E-state index contributed by atoms with van der Waals surface area (Å²) in [5.41, 5.74) is 0.432. The zero-order valence-corrected chi connectivity index (χ0v) is 16.1. The van der Waals surface area contributed by atoms with Gasteiger partial charge in [-0.05, 0) is 43.9 Å². The maximum atomic E-state index is 12.3. The standard InChI is InChI=1S/C19H25ClN2O5/c1-12(21-17(23)9-13-5-3-2-4-6-13)19(26)22-14-7-8-16(15(20)10-14)27-11-18(24)25/h7-8,10,12-13H,2-6,9,11H2,1H3,(H,21,23)(H,22,26)(H,24,25). The molecule has 0 heterocycles. The molecule has 1 aliphatic rings. The summed E-state index contributed by atoms with van der Waals surface area (Å²) in [7, 11) is 0. The highest BCUT2D eigenvalue weighted by Gasteiger charge is 2.20. The Bertz CT molecular complexity index is 689. The molecule has 0 saturated heterocycles. The number of benzene rings is 1. The maximum Gasteiger partial charge on any atom is 0.341 e. The van der Waals surface area contributed by atoms with Crippen LogP contribution in [-0.2, 0) is 14.4 Å². The highest BCUT2D eigenvalue weighted by atomic mass is 35.5. The molecule has 3 N–H and O–H groups in total. The minimum Gasteiger partial charge on any atom is -0.480 e. The maximum absolute atomic E-state index is 12.3. The zero-order chi connectivity index (χ0) is 19.8. The van der Waals surface area contributed by atoms with Crippen LogP contribution in [0, 0.1) is 5.92 Å². The SMILES string of the molecule is CC(NC(=O)CC1CCCCC1)C(=O)Nc1ccc(OCC(=O)O)c(Cl)c1. The lowest BCUT2D eigenvalue weighted by atomic mass is 9.87. The molecule has 7 nitrogen and oxygen atoms in total. The average Bonchev–Trinajstić information content (AvgIpc) is 2.61. The van der Waals surface area contributed by atoms with E-state index in [1.165, 1.54) is 31.4 Å². The van der Waals surface area contributed by atoms with E-state index in [1.54, 1.807) is 13.0 Å². The van der Waals surface area contributed by atoms with Crippen LogP contribution in [0.3, 0.4) is 0 Å². The smallest absolute Gasteiger partial charge is 0.341 e.